The van der Waals surface area contributed by atoms with Crippen LogP contribution < -0.4 is 9.64 Å². The molecule has 5 nitrogen and oxygen atoms in total. The summed E-state index contributed by atoms with van der Waals surface area (Å²) in [7, 11) is 1.59. The van der Waals surface area contributed by atoms with E-state index in [1.807, 2.05) is 56.3 Å². The minimum absolute atomic E-state index is 0.252. The van der Waals surface area contributed by atoms with Crippen LogP contribution >= 0.6 is 0 Å². The van der Waals surface area contributed by atoms with Crippen molar-refractivity contribution >= 4 is 23.1 Å². The minimum Gasteiger partial charge on any atom is -0.496 e. The molecule has 0 spiro atoms. The molecule has 0 N–H and O–H groups in total. The van der Waals surface area contributed by atoms with E-state index in [0.717, 1.165) is 37.1 Å². The van der Waals surface area contributed by atoms with Crippen molar-refractivity contribution in [2.45, 2.75) is 33.6 Å². The van der Waals surface area contributed by atoms with E-state index in [9.17, 15) is 9.59 Å². The van der Waals surface area contributed by atoms with Gasteiger partial charge in [-0.15, -0.1) is 0 Å². The Bertz CT molecular complexity index is 1040. The maximum absolute atomic E-state index is 13.7. The Hall–Kier alpha value is -3.08. The number of anilines is 1. The molecule has 0 aromatic heterocycles. The average Bonchev–Trinajstić information content (AvgIpc) is 3.00. The number of likely N-dealkylation sites (tertiary alicyclic amines) is 1. The maximum Gasteiger partial charge on any atom is 0.282 e. The Morgan fingerprint density at radius 3 is 2.47 bits per heavy atom. The monoisotopic (exact) mass is 404 g/mol. The van der Waals surface area contributed by atoms with Crippen LogP contribution in [0.5, 0.6) is 5.75 Å². The molecule has 2 aromatic rings. The van der Waals surface area contributed by atoms with Crippen molar-refractivity contribution in [1.29, 1.82) is 0 Å². The highest BCUT2D eigenvalue weighted by Gasteiger charge is 2.44. The number of aryl methyl sites for hydroxylation is 2. The number of nitrogens with zero attached hydrogens (tertiary/aromatic N) is 2. The van der Waals surface area contributed by atoms with Crippen LogP contribution in [0.3, 0.4) is 0 Å². The number of ether oxygens (including phenoxy) is 1. The predicted molar refractivity (Wildman–Crippen MR) is 118 cm³/mol. The van der Waals surface area contributed by atoms with Crippen molar-refractivity contribution in [3.8, 4) is 5.75 Å². The lowest BCUT2D eigenvalue weighted by molar-refractivity contribution is -0.120. The van der Waals surface area contributed by atoms with Gasteiger partial charge in [0.25, 0.3) is 11.8 Å². The topological polar surface area (TPSA) is 49.9 Å². The Kier molecular flexibility index (Phi) is 5.37. The highest BCUT2D eigenvalue weighted by atomic mass is 16.5. The van der Waals surface area contributed by atoms with Gasteiger partial charge in [-0.2, -0.15) is 0 Å². The smallest absolute Gasteiger partial charge is 0.282 e. The predicted octanol–water partition coefficient (Wildman–Crippen LogP) is 4.33. The zero-order valence-electron chi connectivity index (χ0n) is 18.1. The molecule has 0 saturated carbocycles. The van der Waals surface area contributed by atoms with Gasteiger partial charge >= 0.3 is 0 Å². The van der Waals surface area contributed by atoms with Crippen molar-refractivity contribution in [1.82, 2.24) is 4.90 Å². The Morgan fingerprint density at radius 1 is 1.00 bits per heavy atom. The normalized spacial score (nSPS) is 19.7. The van der Waals surface area contributed by atoms with E-state index >= 15 is 0 Å². The fraction of sp³-hybridized carbons (Fsp3) is 0.360. The van der Waals surface area contributed by atoms with Gasteiger partial charge in [0, 0.05) is 18.7 Å². The van der Waals surface area contributed by atoms with Gasteiger partial charge < -0.3 is 9.64 Å². The molecule has 0 bridgehead atoms. The molecule has 30 heavy (non-hydrogen) atoms. The largest absolute Gasteiger partial charge is 0.496 e. The number of amides is 2. The standard InChI is InChI=1S/C25H28N2O3/c1-16-8-7-13-26(15-16)23-22(20-9-5-6-10-21(20)30-4)24(28)27(25(23)29)19-12-11-17(2)18(3)14-19/h5-6,9-12,14,16H,7-8,13,15H2,1-4H3. The zero-order valence-corrected chi connectivity index (χ0v) is 18.1. The summed E-state index contributed by atoms with van der Waals surface area (Å²) >= 11 is 0. The number of hydrogen-bond donors (Lipinski definition) is 0. The fourth-order valence-corrected chi connectivity index (χ4v) is 4.40. The second-order valence-corrected chi connectivity index (χ2v) is 8.33. The Labute approximate surface area is 177 Å². The van der Waals surface area contributed by atoms with E-state index in [2.05, 4.69) is 11.8 Å². The third-order valence-corrected chi connectivity index (χ3v) is 6.16. The quantitative estimate of drug-likeness (QED) is 0.712. The third-order valence-electron chi connectivity index (χ3n) is 6.16. The summed E-state index contributed by atoms with van der Waals surface area (Å²) in [6.45, 7) is 7.75. The van der Waals surface area contributed by atoms with Gasteiger partial charge in [0.05, 0.1) is 18.4 Å². The SMILES string of the molecule is COc1ccccc1C1=C(N2CCCC(C)C2)C(=O)N(c2ccc(C)c(C)c2)C1=O. The number of carbonyl (C=O) groups is 2. The van der Waals surface area contributed by atoms with Crippen molar-refractivity contribution in [3.63, 3.8) is 0 Å². The summed E-state index contributed by atoms with van der Waals surface area (Å²) in [5.41, 5.74) is 4.38. The van der Waals surface area contributed by atoms with Gasteiger partial charge in [0.2, 0.25) is 0 Å². The summed E-state index contributed by atoms with van der Waals surface area (Å²) in [5.74, 6) is 0.529. The lowest BCUT2D eigenvalue weighted by Crippen LogP contribution is -2.39. The van der Waals surface area contributed by atoms with Gasteiger partial charge in [-0.3, -0.25) is 9.59 Å². The van der Waals surface area contributed by atoms with Gasteiger partial charge in [-0.05, 0) is 61.9 Å². The molecule has 5 heteroatoms. The first-order valence-corrected chi connectivity index (χ1v) is 10.5. The molecule has 1 unspecified atom stereocenters. The molecular formula is C25H28N2O3. The number of imide groups is 1. The molecule has 2 aliphatic heterocycles. The van der Waals surface area contributed by atoms with Crippen LogP contribution in [0.25, 0.3) is 5.57 Å². The first kappa shape index (κ1) is 20.2. The first-order chi connectivity index (χ1) is 14.4. The van der Waals surface area contributed by atoms with Crippen LogP contribution in [0, 0.1) is 19.8 Å². The van der Waals surface area contributed by atoms with Crippen molar-refractivity contribution in [3.05, 3.63) is 64.9 Å². The van der Waals surface area contributed by atoms with E-state index in [4.69, 9.17) is 4.74 Å². The zero-order chi connectivity index (χ0) is 21.4. The van der Waals surface area contributed by atoms with Crippen LogP contribution in [0.4, 0.5) is 5.69 Å². The molecule has 4 rings (SSSR count). The van der Waals surface area contributed by atoms with Crippen LogP contribution in [-0.4, -0.2) is 36.9 Å². The van der Waals surface area contributed by atoms with Gasteiger partial charge in [0.1, 0.15) is 11.4 Å². The van der Waals surface area contributed by atoms with E-state index in [0.29, 0.717) is 34.2 Å². The number of para-hydroxylation sites is 1. The molecule has 1 fully saturated rings. The van der Waals surface area contributed by atoms with Crippen LogP contribution in [0.2, 0.25) is 0 Å². The van der Waals surface area contributed by atoms with Gasteiger partial charge in [0.15, 0.2) is 0 Å². The van der Waals surface area contributed by atoms with E-state index in [-0.39, 0.29) is 11.8 Å². The van der Waals surface area contributed by atoms with Crippen molar-refractivity contribution in [2.24, 2.45) is 5.92 Å². The first-order valence-electron chi connectivity index (χ1n) is 10.5. The summed E-state index contributed by atoms with van der Waals surface area (Å²) in [5, 5.41) is 0. The second kappa shape index (κ2) is 7.98. The average molecular weight is 405 g/mol. The Morgan fingerprint density at radius 2 is 1.77 bits per heavy atom. The molecule has 1 atom stereocenters. The number of benzene rings is 2. The van der Waals surface area contributed by atoms with Crippen LogP contribution in [-0.2, 0) is 9.59 Å². The summed E-state index contributed by atoms with van der Waals surface area (Å²) < 4.78 is 5.54. The van der Waals surface area contributed by atoms with E-state index < -0.39 is 0 Å². The molecule has 0 aliphatic carbocycles. The van der Waals surface area contributed by atoms with E-state index in [1.54, 1.807) is 7.11 Å². The summed E-state index contributed by atoms with van der Waals surface area (Å²) in [6.07, 6.45) is 2.14. The molecule has 2 aromatic carbocycles. The number of methoxy groups -OCH3 is 1. The number of piperidine rings is 1. The van der Waals surface area contributed by atoms with Crippen molar-refractivity contribution < 1.29 is 14.3 Å². The lowest BCUT2D eigenvalue weighted by Gasteiger charge is -2.33. The van der Waals surface area contributed by atoms with Gasteiger partial charge in [-0.25, -0.2) is 4.90 Å². The number of carbonyl (C=O) groups excluding carboxylic acids is 2. The molecule has 2 amide bonds. The number of rotatable bonds is 4. The molecular weight excluding hydrogens is 376 g/mol. The highest BCUT2D eigenvalue weighted by molar-refractivity contribution is 6.45. The van der Waals surface area contributed by atoms with Crippen molar-refractivity contribution in [2.75, 3.05) is 25.1 Å². The lowest BCUT2D eigenvalue weighted by atomic mass is 9.97. The second-order valence-electron chi connectivity index (χ2n) is 8.33. The van der Waals surface area contributed by atoms with E-state index in [1.165, 1.54) is 4.90 Å². The summed E-state index contributed by atoms with van der Waals surface area (Å²) in [4.78, 5) is 30.8. The van der Waals surface area contributed by atoms with Gasteiger partial charge in [-0.1, -0.05) is 31.2 Å². The minimum atomic E-state index is -0.291. The maximum atomic E-state index is 13.7. The molecule has 0 radical (unpaired) electrons. The van der Waals surface area contributed by atoms with Crippen LogP contribution in [0.15, 0.2) is 48.2 Å². The number of hydrogen-bond acceptors (Lipinski definition) is 4. The summed E-state index contributed by atoms with van der Waals surface area (Å²) in [6, 6.07) is 13.1. The molecule has 2 heterocycles. The molecule has 1 saturated heterocycles. The molecule has 156 valence electrons. The Balaban J connectivity index is 1.87. The fourth-order valence-electron chi connectivity index (χ4n) is 4.40. The third kappa shape index (κ3) is 3.38. The van der Waals surface area contributed by atoms with Crippen LogP contribution in [0.1, 0.15) is 36.5 Å². The molecule has 2 aliphatic rings. The highest BCUT2D eigenvalue weighted by Crippen LogP contribution is 2.39.